The van der Waals surface area contributed by atoms with Crippen LogP contribution in [0, 0.1) is 0 Å². The van der Waals surface area contributed by atoms with Crippen LogP contribution < -0.4 is 0 Å². The van der Waals surface area contributed by atoms with Gasteiger partial charge in [-0.05, 0) is 76.3 Å². The van der Waals surface area contributed by atoms with Gasteiger partial charge >= 0.3 is 5.97 Å². The van der Waals surface area contributed by atoms with E-state index in [4.69, 9.17) is 4.74 Å². The average molecular weight is 332 g/mol. The normalized spacial score (nSPS) is 11.7. The molecule has 0 spiro atoms. The number of carboxylic acid groups (broad SMARTS) is 1. The Balaban J connectivity index is 3.39. The fourth-order valence-corrected chi connectivity index (χ4v) is 2.35. The number of allylic oxidation sites excluding steroid dienone is 4. The molecule has 0 saturated carbocycles. The Labute approximate surface area is 144 Å². The van der Waals surface area contributed by atoms with Crippen molar-refractivity contribution < 1.29 is 19.7 Å². The van der Waals surface area contributed by atoms with Gasteiger partial charge in [0.15, 0.2) is 6.10 Å². The van der Waals surface area contributed by atoms with Crippen molar-refractivity contribution >= 4 is 5.97 Å². The molecule has 0 aliphatic carbocycles. The number of ether oxygens (including phenoxy) is 1. The number of rotatable bonds is 8. The first kappa shape index (κ1) is 20.0. The van der Waals surface area contributed by atoms with E-state index in [1.54, 1.807) is 19.1 Å². The minimum atomic E-state index is -1.02. The monoisotopic (exact) mass is 332 g/mol. The molecule has 0 aliphatic rings. The van der Waals surface area contributed by atoms with Crippen molar-refractivity contribution in [2.45, 2.75) is 53.6 Å². The van der Waals surface area contributed by atoms with Crippen LogP contribution in [0.3, 0.4) is 0 Å². The predicted octanol–water partition coefficient (Wildman–Crippen LogP) is 4.57. The Morgan fingerprint density at radius 1 is 1.08 bits per heavy atom. The van der Waals surface area contributed by atoms with Crippen molar-refractivity contribution in [2.75, 3.05) is 6.61 Å². The predicted molar refractivity (Wildman–Crippen MR) is 96.4 cm³/mol. The lowest BCUT2D eigenvalue weighted by atomic mass is 9.96. The van der Waals surface area contributed by atoms with Gasteiger partial charge < -0.3 is 14.9 Å². The van der Waals surface area contributed by atoms with Crippen LogP contribution in [-0.2, 0) is 22.4 Å². The summed E-state index contributed by atoms with van der Waals surface area (Å²) in [6.45, 7) is 10.0. The molecule has 0 radical (unpaired) electrons. The third-order valence-electron chi connectivity index (χ3n) is 3.61. The lowest BCUT2D eigenvalue weighted by Gasteiger charge is -2.17. The second-order valence-corrected chi connectivity index (χ2v) is 6.33. The summed E-state index contributed by atoms with van der Waals surface area (Å²) >= 11 is 0. The summed E-state index contributed by atoms with van der Waals surface area (Å²) in [5, 5.41) is 20.0. The topological polar surface area (TPSA) is 66.8 Å². The van der Waals surface area contributed by atoms with Gasteiger partial charge in [0.05, 0.1) is 0 Å². The van der Waals surface area contributed by atoms with E-state index in [-0.39, 0.29) is 5.75 Å². The van der Waals surface area contributed by atoms with Crippen molar-refractivity contribution in [1.82, 2.24) is 0 Å². The average Bonchev–Trinajstić information content (AvgIpc) is 2.50. The first-order valence-corrected chi connectivity index (χ1v) is 8.22. The van der Waals surface area contributed by atoms with Crippen LogP contribution in [0.4, 0.5) is 0 Å². The Hall–Kier alpha value is -2.07. The molecule has 0 unspecified atom stereocenters. The van der Waals surface area contributed by atoms with E-state index in [2.05, 4.69) is 0 Å². The number of phenolic OH excluding ortho intramolecular Hbond substituents is 1. The maximum absolute atomic E-state index is 11.5. The minimum absolute atomic E-state index is 0.231. The molecular formula is C20H28O4. The van der Waals surface area contributed by atoms with E-state index in [9.17, 15) is 15.0 Å². The van der Waals surface area contributed by atoms with Gasteiger partial charge in [0.1, 0.15) is 5.75 Å². The van der Waals surface area contributed by atoms with Gasteiger partial charge in [0.2, 0.25) is 0 Å². The van der Waals surface area contributed by atoms with Crippen LogP contribution in [0.25, 0.3) is 0 Å². The molecule has 4 nitrogen and oxygen atoms in total. The largest absolute Gasteiger partial charge is 0.507 e. The SMILES string of the molecule is CCO[C@H](C(=O)O)c1cc(CC=C(C)C)c(O)c(CC=C(C)C)c1. The first-order chi connectivity index (χ1) is 11.3. The van der Waals surface area contributed by atoms with Gasteiger partial charge in [-0.3, -0.25) is 0 Å². The van der Waals surface area contributed by atoms with Gasteiger partial charge in [-0.2, -0.15) is 0 Å². The zero-order chi connectivity index (χ0) is 18.3. The zero-order valence-electron chi connectivity index (χ0n) is 15.2. The van der Waals surface area contributed by atoms with E-state index in [1.165, 1.54) is 0 Å². The number of hydrogen-bond donors (Lipinski definition) is 2. The molecule has 0 aromatic heterocycles. The number of carboxylic acids is 1. The molecule has 1 aromatic rings. The number of aliphatic carboxylic acids is 1. The van der Waals surface area contributed by atoms with Gasteiger partial charge in [-0.1, -0.05) is 23.3 Å². The van der Waals surface area contributed by atoms with Crippen LogP contribution in [-0.4, -0.2) is 22.8 Å². The molecule has 0 fully saturated rings. The van der Waals surface area contributed by atoms with E-state index in [0.29, 0.717) is 25.0 Å². The van der Waals surface area contributed by atoms with Gasteiger partial charge in [0, 0.05) is 6.61 Å². The van der Waals surface area contributed by atoms with Crippen LogP contribution in [0.2, 0.25) is 0 Å². The summed E-state index contributed by atoms with van der Waals surface area (Å²) in [6, 6.07) is 3.46. The highest BCUT2D eigenvalue weighted by atomic mass is 16.5. The van der Waals surface area contributed by atoms with E-state index < -0.39 is 12.1 Å². The van der Waals surface area contributed by atoms with Crippen LogP contribution in [0.1, 0.15) is 57.4 Å². The highest BCUT2D eigenvalue weighted by Crippen LogP contribution is 2.31. The van der Waals surface area contributed by atoms with Crippen molar-refractivity contribution in [3.63, 3.8) is 0 Å². The highest BCUT2D eigenvalue weighted by molar-refractivity contribution is 5.75. The molecule has 1 rings (SSSR count). The molecule has 2 N–H and O–H groups in total. The highest BCUT2D eigenvalue weighted by Gasteiger charge is 2.22. The molecule has 24 heavy (non-hydrogen) atoms. The number of benzene rings is 1. The minimum Gasteiger partial charge on any atom is -0.507 e. The Morgan fingerprint density at radius 2 is 1.54 bits per heavy atom. The molecule has 4 heteroatoms. The van der Waals surface area contributed by atoms with Gasteiger partial charge in [0.25, 0.3) is 0 Å². The van der Waals surface area contributed by atoms with Crippen molar-refractivity contribution in [3.05, 3.63) is 52.1 Å². The summed E-state index contributed by atoms with van der Waals surface area (Å²) in [7, 11) is 0. The second-order valence-electron chi connectivity index (χ2n) is 6.33. The molecule has 0 aliphatic heterocycles. The summed E-state index contributed by atoms with van der Waals surface area (Å²) in [4.78, 5) is 11.5. The Bertz CT molecular complexity index is 592. The van der Waals surface area contributed by atoms with E-state index in [0.717, 1.165) is 22.3 Å². The van der Waals surface area contributed by atoms with Gasteiger partial charge in [-0.15, -0.1) is 0 Å². The third-order valence-corrected chi connectivity index (χ3v) is 3.61. The molecular weight excluding hydrogens is 304 g/mol. The first-order valence-electron chi connectivity index (χ1n) is 8.22. The van der Waals surface area contributed by atoms with Crippen LogP contribution in [0.15, 0.2) is 35.4 Å². The quantitative estimate of drug-likeness (QED) is 0.684. The Kier molecular flexibility index (Phi) is 7.72. The second kappa shape index (κ2) is 9.28. The maximum atomic E-state index is 11.5. The molecule has 0 bridgehead atoms. The third kappa shape index (κ3) is 5.85. The zero-order valence-corrected chi connectivity index (χ0v) is 15.2. The summed E-state index contributed by atoms with van der Waals surface area (Å²) < 4.78 is 5.38. The fourth-order valence-electron chi connectivity index (χ4n) is 2.35. The van der Waals surface area contributed by atoms with Crippen LogP contribution in [0.5, 0.6) is 5.75 Å². The molecule has 0 heterocycles. The summed E-state index contributed by atoms with van der Waals surface area (Å²) in [6.07, 6.45) is 4.12. The summed E-state index contributed by atoms with van der Waals surface area (Å²) in [5.41, 5.74) is 4.29. The lowest BCUT2D eigenvalue weighted by molar-refractivity contribution is -0.150. The maximum Gasteiger partial charge on any atom is 0.337 e. The lowest BCUT2D eigenvalue weighted by Crippen LogP contribution is -2.16. The summed E-state index contributed by atoms with van der Waals surface area (Å²) in [5.74, 6) is -0.793. The molecule has 1 atom stereocenters. The standard InChI is InChI=1S/C20H28O4/c1-6-24-19(20(22)23)17-11-15(9-7-13(2)3)18(21)16(12-17)10-8-14(4)5/h7-8,11-12,19,21H,6,9-10H2,1-5H3,(H,22,23)/t19-/m0/s1. The molecule has 0 saturated heterocycles. The number of phenols is 1. The smallest absolute Gasteiger partial charge is 0.337 e. The fraction of sp³-hybridized carbons (Fsp3) is 0.450. The number of aromatic hydroxyl groups is 1. The molecule has 1 aromatic carbocycles. The van der Waals surface area contributed by atoms with Crippen LogP contribution >= 0.6 is 0 Å². The van der Waals surface area contributed by atoms with Crippen molar-refractivity contribution in [3.8, 4) is 5.75 Å². The van der Waals surface area contributed by atoms with Crippen molar-refractivity contribution in [1.29, 1.82) is 0 Å². The van der Waals surface area contributed by atoms with E-state index >= 15 is 0 Å². The van der Waals surface area contributed by atoms with Crippen molar-refractivity contribution in [2.24, 2.45) is 0 Å². The van der Waals surface area contributed by atoms with Gasteiger partial charge in [-0.25, -0.2) is 4.79 Å². The molecule has 0 amide bonds. The number of carbonyl (C=O) groups is 1. The van der Waals surface area contributed by atoms with E-state index in [1.807, 2.05) is 39.8 Å². The molecule has 132 valence electrons. The number of hydrogen-bond acceptors (Lipinski definition) is 3. The Morgan fingerprint density at radius 3 is 1.88 bits per heavy atom.